The first kappa shape index (κ1) is 19.1. The van der Waals surface area contributed by atoms with Gasteiger partial charge in [-0.1, -0.05) is 30.3 Å². The minimum atomic E-state index is -0.211. The van der Waals surface area contributed by atoms with Gasteiger partial charge in [0.15, 0.2) is 5.82 Å². The quantitative estimate of drug-likeness (QED) is 0.741. The number of amides is 2. The molecule has 0 bridgehead atoms. The second-order valence-corrected chi connectivity index (χ2v) is 7.51. The molecule has 7 heteroatoms. The van der Waals surface area contributed by atoms with Gasteiger partial charge in [0.2, 0.25) is 5.91 Å². The molecule has 2 amide bonds. The highest BCUT2D eigenvalue weighted by Gasteiger charge is 2.19. The summed E-state index contributed by atoms with van der Waals surface area (Å²) in [5.74, 6) is 0.270. The van der Waals surface area contributed by atoms with Crippen LogP contribution in [-0.4, -0.2) is 64.6 Å². The van der Waals surface area contributed by atoms with Crippen LogP contribution in [0.4, 0.5) is 5.82 Å². The number of aryl methyl sites for hydroxylation is 1. The minimum Gasteiger partial charge on any atom is -0.339 e. The zero-order valence-electron chi connectivity index (χ0n) is 16.8. The molecule has 0 atom stereocenters. The third-order valence-corrected chi connectivity index (χ3v) is 5.42. The topological polar surface area (TPSA) is 70.5 Å². The second-order valence-electron chi connectivity index (χ2n) is 7.51. The summed E-state index contributed by atoms with van der Waals surface area (Å²) in [5, 5.41) is 9.17. The summed E-state index contributed by atoms with van der Waals surface area (Å²) in [7, 11) is 2.06. The number of hydrogen-bond acceptors (Lipinski definition) is 4. The number of piperazine rings is 1. The molecular formula is C22H25N5O2. The fourth-order valence-corrected chi connectivity index (χ4v) is 3.64. The highest BCUT2D eigenvalue weighted by atomic mass is 16.2. The van der Waals surface area contributed by atoms with E-state index in [0.29, 0.717) is 11.4 Å². The smallest absolute Gasteiger partial charge is 0.257 e. The van der Waals surface area contributed by atoms with E-state index in [4.69, 9.17) is 0 Å². The molecular weight excluding hydrogens is 366 g/mol. The van der Waals surface area contributed by atoms with Gasteiger partial charge < -0.3 is 15.1 Å². The molecule has 0 spiro atoms. The van der Waals surface area contributed by atoms with Crippen molar-refractivity contribution < 1.29 is 9.59 Å². The fourth-order valence-electron chi connectivity index (χ4n) is 3.64. The van der Waals surface area contributed by atoms with Crippen molar-refractivity contribution in [1.29, 1.82) is 0 Å². The van der Waals surface area contributed by atoms with Gasteiger partial charge in [-0.05, 0) is 36.4 Å². The molecule has 7 nitrogen and oxygen atoms in total. The van der Waals surface area contributed by atoms with Crippen molar-refractivity contribution in [3.8, 4) is 0 Å². The number of rotatable bonds is 4. The third kappa shape index (κ3) is 4.14. The van der Waals surface area contributed by atoms with E-state index >= 15 is 0 Å². The van der Waals surface area contributed by atoms with Gasteiger partial charge in [0.25, 0.3) is 5.91 Å². The molecule has 1 N–H and O–H groups in total. The molecule has 1 saturated heterocycles. The molecule has 2 heterocycles. The predicted molar refractivity (Wildman–Crippen MR) is 113 cm³/mol. The van der Waals surface area contributed by atoms with Gasteiger partial charge in [-0.25, -0.2) is 0 Å². The molecule has 1 fully saturated rings. The minimum absolute atomic E-state index is 0.0450. The van der Waals surface area contributed by atoms with Crippen LogP contribution in [0.2, 0.25) is 0 Å². The largest absolute Gasteiger partial charge is 0.339 e. The van der Waals surface area contributed by atoms with Gasteiger partial charge in [-0.15, -0.1) is 0 Å². The first-order valence-electron chi connectivity index (χ1n) is 9.81. The van der Waals surface area contributed by atoms with Crippen LogP contribution in [0.5, 0.6) is 0 Å². The van der Waals surface area contributed by atoms with Crippen molar-refractivity contribution in [2.75, 3.05) is 38.5 Å². The summed E-state index contributed by atoms with van der Waals surface area (Å²) < 4.78 is 1.57. The molecule has 3 aromatic rings. The van der Waals surface area contributed by atoms with Crippen LogP contribution in [0, 0.1) is 6.92 Å². The van der Waals surface area contributed by atoms with Crippen LogP contribution in [0.15, 0.2) is 48.7 Å². The maximum atomic E-state index is 12.8. The number of anilines is 1. The van der Waals surface area contributed by atoms with Crippen LogP contribution in [0.3, 0.4) is 0 Å². The van der Waals surface area contributed by atoms with Crippen LogP contribution >= 0.6 is 0 Å². The Labute approximate surface area is 169 Å². The molecule has 29 heavy (non-hydrogen) atoms. The molecule has 2 aromatic carbocycles. The Hall–Kier alpha value is -3.19. The summed E-state index contributed by atoms with van der Waals surface area (Å²) in [4.78, 5) is 29.3. The Morgan fingerprint density at radius 2 is 1.72 bits per heavy atom. The molecule has 1 aliphatic rings. The summed E-state index contributed by atoms with van der Waals surface area (Å²) in [6.45, 7) is 5.45. The third-order valence-electron chi connectivity index (χ3n) is 5.42. The zero-order valence-corrected chi connectivity index (χ0v) is 16.8. The lowest BCUT2D eigenvalue weighted by atomic mass is 10.00. The van der Waals surface area contributed by atoms with Gasteiger partial charge in [-0.3, -0.25) is 14.3 Å². The number of likely N-dealkylation sites (N-methyl/N-ethyl adjacent to an activating group) is 1. The van der Waals surface area contributed by atoms with Crippen LogP contribution in [0.1, 0.15) is 15.9 Å². The van der Waals surface area contributed by atoms with E-state index in [0.717, 1.165) is 42.5 Å². The number of benzene rings is 2. The van der Waals surface area contributed by atoms with Crippen molar-refractivity contribution in [3.63, 3.8) is 0 Å². The van der Waals surface area contributed by atoms with Crippen molar-refractivity contribution in [2.24, 2.45) is 0 Å². The number of nitrogens with one attached hydrogen (secondary N) is 1. The Kier molecular flexibility index (Phi) is 5.31. The van der Waals surface area contributed by atoms with Crippen LogP contribution < -0.4 is 5.32 Å². The zero-order chi connectivity index (χ0) is 20.4. The highest BCUT2D eigenvalue weighted by Crippen LogP contribution is 2.23. The fraction of sp³-hybridized carbons (Fsp3) is 0.318. The van der Waals surface area contributed by atoms with Crippen molar-refractivity contribution in [2.45, 2.75) is 13.5 Å². The summed E-state index contributed by atoms with van der Waals surface area (Å²) >= 11 is 0. The van der Waals surface area contributed by atoms with Gasteiger partial charge in [0, 0.05) is 44.0 Å². The molecule has 0 radical (unpaired) electrons. The molecule has 1 aliphatic heterocycles. The second kappa shape index (κ2) is 8.05. The first-order chi connectivity index (χ1) is 14.0. The van der Waals surface area contributed by atoms with Crippen molar-refractivity contribution >= 4 is 28.4 Å². The Morgan fingerprint density at radius 1 is 1.00 bits per heavy atom. The Bertz CT molecular complexity index is 1050. The van der Waals surface area contributed by atoms with Crippen molar-refractivity contribution in [3.05, 3.63) is 59.8 Å². The number of hydrogen-bond donors (Lipinski definition) is 1. The first-order valence-corrected chi connectivity index (χ1v) is 9.81. The maximum Gasteiger partial charge on any atom is 0.257 e. The van der Waals surface area contributed by atoms with E-state index in [1.807, 2.05) is 48.2 Å². The van der Waals surface area contributed by atoms with Gasteiger partial charge in [0.1, 0.15) is 6.54 Å². The maximum absolute atomic E-state index is 12.8. The van der Waals surface area contributed by atoms with E-state index in [1.165, 1.54) is 0 Å². The number of fused-ring (bicyclic) bond motifs is 1. The summed E-state index contributed by atoms with van der Waals surface area (Å²) in [6, 6.07) is 13.4. The lowest BCUT2D eigenvalue weighted by Crippen LogP contribution is -2.48. The molecule has 0 aliphatic carbocycles. The SMILES string of the molecule is Cc1ccc(C(=O)Nc2ccn(CC(=O)N3CCN(C)CC3)n2)c2ccccc12. The summed E-state index contributed by atoms with van der Waals surface area (Å²) in [6.07, 6.45) is 1.72. The number of aromatic nitrogens is 2. The van der Waals surface area contributed by atoms with Crippen molar-refractivity contribution in [1.82, 2.24) is 19.6 Å². The number of carbonyl (C=O) groups excluding carboxylic acids is 2. The molecule has 4 rings (SSSR count). The lowest BCUT2D eigenvalue weighted by molar-refractivity contribution is -0.133. The molecule has 0 unspecified atom stereocenters. The Balaban J connectivity index is 1.44. The van der Waals surface area contributed by atoms with E-state index < -0.39 is 0 Å². The predicted octanol–water partition coefficient (Wildman–Crippen LogP) is 2.37. The monoisotopic (exact) mass is 391 g/mol. The van der Waals surface area contributed by atoms with Crippen LogP contribution in [0.25, 0.3) is 10.8 Å². The highest BCUT2D eigenvalue weighted by molar-refractivity contribution is 6.13. The normalized spacial score (nSPS) is 14.9. The van der Waals surface area contributed by atoms with E-state index in [-0.39, 0.29) is 18.4 Å². The van der Waals surface area contributed by atoms with Gasteiger partial charge in [0.05, 0.1) is 0 Å². The van der Waals surface area contributed by atoms with E-state index in [9.17, 15) is 9.59 Å². The average Bonchev–Trinajstić information content (AvgIpc) is 3.15. The molecule has 1 aromatic heterocycles. The average molecular weight is 391 g/mol. The van der Waals surface area contributed by atoms with Gasteiger partial charge in [-0.2, -0.15) is 5.10 Å². The van der Waals surface area contributed by atoms with E-state index in [2.05, 4.69) is 22.4 Å². The molecule has 0 saturated carbocycles. The molecule has 150 valence electrons. The van der Waals surface area contributed by atoms with E-state index in [1.54, 1.807) is 16.9 Å². The standard InChI is InChI=1S/C22H25N5O2/c1-16-7-8-19(18-6-4-3-5-17(16)18)22(29)23-20-9-10-27(24-20)15-21(28)26-13-11-25(2)12-14-26/h3-10H,11-15H2,1-2H3,(H,23,24,29). The number of carbonyl (C=O) groups is 2. The lowest BCUT2D eigenvalue weighted by Gasteiger charge is -2.32. The number of nitrogens with zero attached hydrogens (tertiary/aromatic N) is 4. The van der Waals surface area contributed by atoms with Crippen LogP contribution in [-0.2, 0) is 11.3 Å². The van der Waals surface area contributed by atoms with Gasteiger partial charge >= 0.3 is 0 Å². The summed E-state index contributed by atoms with van der Waals surface area (Å²) in [5.41, 5.74) is 1.73. The Morgan fingerprint density at radius 3 is 2.48 bits per heavy atom.